The van der Waals surface area contributed by atoms with Gasteiger partial charge in [-0.3, -0.25) is 9.59 Å². The number of sulfonamides is 1. The van der Waals surface area contributed by atoms with Crippen molar-refractivity contribution in [1.82, 2.24) is 14.9 Å². The van der Waals surface area contributed by atoms with Crippen LogP contribution in [0.2, 0.25) is 5.02 Å². The highest BCUT2D eigenvalue weighted by molar-refractivity contribution is 7.91. The highest BCUT2D eigenvalue weighted by Crippen LogP contribution is 2.20. The van der Waals surface area contributed by atoms with Crippen molar-refractivity contribution in [3.05, 3.63) is 46.8 Å². The van der Waals surface area contributed by atoms with Gasteiger partial charge in [0.25, 0.3) is 10.0 Å². The van der Waals surface area contributed by atoms with E-state index in [9.17, 15) is 18.0 Å². The lowest BCUT2D eigenvalue weighted by molar-refractivity contribution is -0.132. The van der Waals surface area contributed by atoms with Gasteiger partial charge in [0.1, 0.15) is 4.21 Å². The first-order valence-electron chi connectivity index (χ1n) is 8.93. The molecule has 11 heteroatoms. The van der Waals surface area contributed by atoms with E-state index in [1.165, 1.54) is 6.07 Å². The molecule has 3 rings (SSSR count). The molecule has 8 nitrogen and oxygen atoms in total. The summed E-state index contributed by atoms with van der Waals surface area (Å²) in [5.74, 6) is -0.763. The van der Waals surface area contributed by atoms with Crippen LogP contribution in [-0.2, 0) is 19.6 Å². The summed E-state index contributed by atoms with van der Waals surface area (Å²) in [4.78, 5) is 28.0. The molecule has 2 heterocycles. The van der Waals surface area contributed by atoms with Gasteiger partial charge in [0.15, 0.2) is 0 Å². The summed E-state index contributed by atoms with van der Waals surface area (Å²) in [6.07, 6.45) is 0. The maximum absolute atomic E-state index is 12.3. The lowest BCUT2D eigenvalue weighted by atomic mass is 10.2. The molecular weight excluding hydrogens is 436 g/mol. The number of anilines is 1. The molecule has 1 aromatic heterocycles. The van der Waals surface area contributed by atoms with Gasteiger partial charge in [-0.25, -0.2) is 13.1 Å². The molecule has 1 aliphatic heterocycles. The first-order valence-corrected chi connectivity index (χ1v) is 11.7. The second-order valence-electron chi connectivity index (χ2n) is 6.38. The van der Waals surface area contributed by atoms with Crippen molar-refractivity contribution in [3.8, 4) is 0 Å². The maximum Gasteiger partial charge on any atom is 0.250 e. The molecule has 0 radical (unpaired) electrons. The molecule has 0 spiro atoms. The number of carbonyl (C=O) groups is 2. The van der Waals surface area contributed by atoms with Crippen molar-refractivity contribution < 1.29 is 18.0 Å². The van der Waals surface area contributed by atoms with E-state index in [4.69, 9.17) is 11.6 Å². The van der Waals surface area contributed by atoms with E-state index in [0.717, 1.165) is 17.0 Å². The van der Waals surface area contributed by atoms with E-state index in [2.05, 4.69) is 14.9 Å². The van der Waals surface area contributed by atoms with Gasteiger partial charge in [0.05, 0.1) is 13.1 Å². The molecule has 0 saturated carbocycles. The third-order valence-electron chi connectivity index (χ3n) is 4.43. The van der Waals surface area contributed by atoms with E-state index < -0.39 is 22.5 Å². The molecule has 156 valence electrons. The molecule has 1 fully saturated rings. The zero-order valence-corrected chi connectivity index (χ0v) is 17.9. The molecule has 1 aromatic carbocycles. The number of carbonyl (C=O) groups excluding carboxylic acids is 2. The van der Waals surface area contributed by atoms with Gasteiger partial charge in [-0.15, -0.1) is 11.3 Å². The molecule has 0 aliphatic carbocycles. The Kier molecular flexibility index (Phi) is 7.12. The zero-order chi connectivity index (χ0) is 20.9. The van der Waals surface area contributed by atoms with E-state index in [1.807, 2.05) is 24.3 Å². The third kappa shape index (κ3) is 5.92. The van der Waals surface area contributed by atoms with E-state index in [0.29, 0.717) is 31.2 Å². The summed E-state index contributed by atoms with van der Waals surface area (Å²) in [5, 5.41) is 4.77. The Morgan fingerprint density at radius 3 is 2.48 bits per heavy atom. The predicted octanol–water partition coefficient (Wildman–Crippen LogP) is 1.14. The summed E-state index contributed by atoms with van der Waals surface area (Å²) in [6, 6.07) is 10.6. The van der Waals surface area contributed by atoms with Crippen molar-refractivity contribution in [2.75, 3.05) is 44.2 Å². The quantitative estimate of drug-likeness (QED) is 0.651. The SMILES string of the molecule is O=C(CNS(=O)(=O)c1cccs1)NCC(=O)N1CCN(c2cccc(Cl)c2)CC1. The van der Waals surface area contributed by atoms with Crippen LogP contribution in [0.1, 0.15) is 0 Å². The van der Waals surface area contributed by atoms with Gasteiger partial charge in [0.2, 0.25) is 11.8 Å². The Morgan fingerprint density at radius 2 is 1.83 bits per heavy atom. The number of rotatable bonds is 7. The lowest BCUT2D eigenvalue weighted by Gasteiger charge is -2.36. The summed E-state index contributed by atoms with van der Waals surface area (Å²) in [6.45, 7) is 1.81. The maximum atomic E-state index is 12.3. The fourth-order valence-electron chi connectivity index (χ4n) is 2.88. The number of nitrogens with zero attached hydrogens (tertiary/aromatic N) is 2. The van der Waals surface area contributed by atoms with Gasteiger partial charge >= 0.3 is 0 Å². The number of hydrogen-bond acceptors (Lipinski definition) is 6. The van der Waals surface area contributed by atoms with Crippen LogP contribution in [0.3, 0.4) is 0 Å². The fraction of sp³-hybridized carbons (Fsp3) is 0.333. The Hall–Kier alpha value is -2.14. The molecular formula is C18H21ClN4O4S2. The molecule has 0 atom stereocenters. The monoisotopic (exact) mass is 456 g/mol. The number of hydrogen-bond donors (Lipinski definition) is 2. The van der Waals surface area contributed by atoms with Crippen LogP contribution in [-0.4, -0.2) is 64.4 Å². The summed E-state index contributed by atoms with van der Waals surface area (Å²) >= 11 is 7.09. The minimum Gasteiger partial charge on any atom is -0.368 e. The van der Waals surface area contributed by atoms with Gasteiger partial charge in [-0.05, 0) is 29.6 Å². The first-order chi connectivity index (χ1) is 13.8. The highest BCUT2D eigenvalue weighted by atomic mass is 35.5. The van der Waals surface area contributed by atoms with Crippen molar-refractivity contribution in [2.24, 2.45) is 0 Å². The van der Waals surface area contributed by atoms with Crippen molar-refractivity contribution in [2.45, 2.75) is 4.21 Å². The number of nitrogens with one attached hydrogen (secondary N) is 2. The smallest absolute Gasteiger partial charge is 0.250 e. The molecule has 2 N–H and O–H groups in total. The van der Waals surface area contributed by atoms with Gasteiger partial charge in [0, 0.05) is 36.9 Å². The molecule has 1 aliphatic rings. The molecule has 2 aromatic rings. The summed E-state index contributed by atoms with van der Waals surface area (Å²) < 4.78 is 26.3. The molecule has 29 heavy (non-hydrogen) atoms. The molecule has 1 saturated heterocycles. The van der Waals surface area contributed by atoms with E-state index >= 15 is 0 Å². The largest absolute Gasteiger partial charge is 0.368 e. The van der Waals surface area contributed by atoms with Crippen LogP contribution >= 0.6 is 22.9 Å². The van der Waals surface area contributed by atoms with E-state index in [-0.39, 0.29) is 16.7 Å². The van der Waals surface area contributed by atoms with Crippen molar-refractivity contribution in [1.29, 1.82) is 0 Å². The van der Waals surface area contributed by atoms with Gasteiger partial charge < -0.3 is 15.1 Å². The molecule has 0 bridgehead atoms. The van der Waals surface area contributed by atoms with Crippen LogP contribution < -0.4 is 14.9 Å². The Bertz CT molecular complexity index is 958. The lowest BCUT2D eigenvalue weighted by Crippen LogP contribution is -2.51. The van der Waals surface area contributed by atoms with Crippen LogP contribution in [0.5, 0.6) is 0 Å². The average Bonchev–Trinajstić information content (AvgIpc) is 3.27. The Morgan fingerprint density at radius 1 is 1.07 bits per heavy atom. The summed E-state index contributed by atoms with van der Waals surface area (Å²) in [5.41, 5.74) is 1.01. The standard InChI is InChI=1S/C18H21ClN4O4S2/c19-14-3-1-4-15(11-14)22-6-8-23(9-7-22)17(25)13-20-16(24)12-21-29(26,27)18-5-2-10-28-18/h1-5,10-11,21H,6-9,12-13H2,(H,20,24). The van der Waals surface area contributed by atoms with Crippen LogP contribution in [0.25, 0.3) is 0 Å². The second-order valence-corrected chi connectivity index (χ2v) is 9.76. The third-order valence-corrected chi connectivity index (χ3v) is 7.46. The number of halogens is 1. The van der Waals surface area contributed by atoms with E-state index in [1.54, 1.807) is 16.3 Å². The second kappa shape index (κ2) is 9.57. The first kappa shape index (κ1) is 21.6. The van der Waals surface area contributed by atoms with Gasteiger partial charge in [-0.2, -0.15) is 0 Å². The number of amides is 2. The summed E-state index contributed by atoms with van der Waals surface area (Å²) in [7, 11) is -3.71. The number of piperazine rings is 1. The Labute approximate surface area is 178 Å². The number of benzene rings is 1. The highest BCUT2D eigenvalue weighted by Gasteiger charge is 2.22. The predicted molar refractivity (Wildman–Crippen MR) is 113 cm³/mol. The van der Waals surface area contributed by atoms with Crippen molar-refractivity contribution in [3.63, 3.8) is 0 Å². The normalized spacial score (nSPS) is 14.7. The van der Waals surface area contributed by atoms with Crippen LogP contribution in [0, 0.1) is 0 Å². The topological polar surface area (TPSA) is 98.8 Å². The van der Waals surface area contributed by atoms with Crippen molar-refractivity contribution >= 4 is 50.5 Å². The zero-order valence-electron chi connectivity index (χ0n) is 15.5. The average molecular weight is 457 g/mol. The molecule has 2 amide bonds. The minimum atomic E-state index is -3.71. The number of thiophene rings is 1. The minimum absolute atomic E-state index is 0.138. The van der Waals surface area contributed by atoms with Crippen LogP contribution in [0.4, 0.5) is 5.69 Å². The molecule has 0 unspecified atom stereocenters. The van der Waals surface area contributed by atoms with Crippen LogP contribution in [0.15, 0.2) is 46.0 Å². The van der Waals surface area contributed by atoms with Gasteiger partial charge in [-0.1, -0.05) is 23.7 Å². The fourth-order valence-corrected chi connectivity index (χ4v) is 5.09. The Balaban J connectivity index is 1.40.